The van der Waals surface area contributed by atoms with Crippen LogP contribution < -0.4 is 5.32 Å². The number of nitrogens with zero attached hydrogens (tertiary/aromatic N) is 4. The monoisotopic (exact) mass is 711 g/mol. The first-order valence-corrected chi connectivity index (χ1v) is 17.0. The van der Waals surface area contributed by atoms with Crippen molar-refractivity contribution in [3.63, 3.8) is 0 Å². The summed E-state index contributed by atoms with van der Waals surface area (Å²) < 4.78 is 0. The molecule has 9 nitrogen and oxygen atoms in total. The van der Waals surface area contributed by atoms with Gasteiger partial charge in [-0.2, -0.15) is 0 Å². The Morgan fingerprint density at radius 1 is 1.02 bits per heavy atom. The van der Waals surface area contributed by atoms with Crippen LogP contribution in [0.2, 0.25) is 20.1 Å². The Bertz CT molecular complexity index is 1410. The Hall–Kier alpha value is -2.56. The molecule has 0 aliphatic carbocycles. The second-order valence-electron chi connectivity index (χ2n) is 11.9. The lowest BCUT2D eigenvalue weighted by atomic mass is 9.89. The molecule has 0 bridgehead atoms. The third kappa shape index (κ3) is 9.50. The van der Waals surface area contributed by atoms with Crippen molar-refractivity contribution in [3.8, 4) is 0 Å². The molecule has 2 atom stereocenters. The first kappa shape index (κ1) is 36.3. The van der Waals surface area contributed by atoms with Crippen molar-refractivity contribution in [1.29, 1.82) is 0 Å². The SMILES string of the molecule is CNC(=O)CC1CCCN(C2CCN(CC[C@H](/C(CN(C)C(=O)c3cc(Cl)cc(Cl)c3)=N/OC)c3ccc(Cl)c(Cl)c3)CC2)C1=O. The summed E-state index contributed by atoms with van der Waals surface area (Å²) in [7, 11) is 4.78. The molecule has 3 amide bonds. The van der Waals surface area contributed by atoms with Crippen LogP contribution in [-0.2, 0) is 14.4 Å². The number of nitrogens with one attached hydrogen (secondary N) is 1. The average Bonchev–Trinajstić information content (AvgIpc) is 3.03. The summed E-state index contributed by atoms with van der Waals surface area (Å²) in [4.78, 5) is 49.7. The second kappa shape index (κ2) is 17.0. The zero-order valence-corrected chi connectivity index (χ0v) is 29.4. The van der Waals surface area contributed by atoms with Gasteiger partial charge >= 0.3 is 0 Å². The predicted octanol–water partition coefficient (Wildman–Crippen LogP) is 6.39. The van der Waals surface area contributed by atoms with Crippen molar-refractivity contribution in [2.24, 2.45) is 11.1 Å². The third-order valence-corrected chi connectivity index (χ3v) is 10.0. The molecule has 13 heteroatoms. The maximum Gasteiger partial charge on any atom is 0.254 e. The highest BCUT2D eigenvalue weighted by atomic mass is 35.5. The lowest BCUT2D eigenvalue weighted by Gasteiger charge is -2.42. The smallest absolute Gasteiger partial charge is 0.254 e. The number of piperidine rings is 2. The molecule has 1 N–H and O–H groups in total. The van der Waals surface area contributed by atoms with Gasteiger partial charge in [0.05, 0.1) is 22.3 Å². The Morgan fingerprint density at radius 3 is 2.35 bits per heavy atom. The van der Waals surface area contributed by atoms with E-state index in [0.717, 1.165) is 57.4 Å². The van der Waals surface area contributed by atoms with Gasteiger partial charge in [-0.15, -0.1) is 0 Å². The molecule has 2 fully saturated rings. The van der Waals surface area contributed by atoms with E-state index in [4.69, 9.17) is 51.2 Å². The highest BCUT2D eigenvalue weighted by Gasteiger charge is 2.36. The maximum absolute atomic E-state index is 13.3. The topological polar surface area (TPSA) is 94.6 Å². The molecule has 0 spiro atoms. The number of hydrogen-bond donors (Lipinski definition) is 1. The van der Waals surface area contributed by atoms with E-state index < -0.39 is 0 Å². The fourth-order valence-electron chi connectivity index (χ4n) is 6.41. The Kier molecular flexibility index (Phi) is 13.4. The highest BCUT2D eigenvalue weighted by molar-refractivity contribution is 6.42. The fraction of sp³-hybridized carbons (Fsp3) is 0.515. The van der Waals surface area contributed by atoms with Crippen molar-refractivity contribution in [2.45, 2.75) is 50.5 Å². The van der Waals surface area contributed by atoms with Gasteiger partial charge in [0, 0.05) is 73.6 Å². The number of halogens is 4. The third-order valence-electron chi connectivity index (χ3n) is 8.84. The predicted molar refractivity (Wildman–Crippen MR) is 184 cm³/mol. The quantitative estimate of drug-likeness (QED) is 0.204. The molecule has 46 heavy (non-hydrogen) atoms. The Balaban J connectivity index is 1.44. The van der Waals surface area contributed by atoms with Gasteiger partial charge in [0.1, 0.15) is 7.11 Å². The van der Waals surface area contributed by atoms with Gasteiger partial charge in [-0.1, -0.05) is 57.6 Å². The molecule has 2 aliphatic rings. The number of rotatable bonds is 12. The number of likely N-dealkylation sites (tertiary alicyclic amines) is 2. The van der Waals surface area contributed by atoms with Crippen LogP contribution in [0.1, 0.15) is 60.4 Å². The molecule has 2 heterocycles. The summed E-state index contributed by atoms with van der Waals surface area (Å²) in [6.07, 6.45) is 4.35. The molecule has 2 aromatic rings. The number of amides is 3. The van der Waals surface area contributed by atoms with Crippen LogP contribution in [0.4, 0.5) is 0 Å². The minimum Gasteiger partial charge on any atom is -0.399 e. The highest BCUT2D eigenvalue weighted by Crippen LogP contribution is 2.32. The van der Waals surface area contributed by atoms with E-state index in [0.29, 0.717) is 37.8 Å². The van der Waals surface area contributed by atoms with Crippen molar-refractivity contribution in [2.75, 3.05) is 53.9 Å². The number of oxime groups is 1. The molecule has 2 aromatic carbocycles. The molecular formula is C33H41Cl4N5O4. The molecule has 1 unspecified atom stereocenters. The van der Waals surface area contributed by atoms with Crippen LogP contribution in [0.25, 0.3) is 0 Å². The number of benzene rings is 2. The Labute approximate surface area is 291 Å². The molecule has 0 radical (unpaired) electrons. The van der Waals surface area contributed by atoms with Gasteiger partial charge in [-0.25, -0.2) is 0 Å². The number of carbonyl (C=O) groups is 3. The summed E-state index contributed by atoms with van der Waals surface area (Å²) in [5.41, 5.74) is 1.94. The molecule has 250 valence electrons. The first-order chi connectivity index (χ1) is 22.0. The summed E-state index contributed by atoms with van der Waals surface area (Å²) in [5, 5.41) is 8.66. The van der Waals surface area contributed by atoms with Crippen LogP contribution in [0.15, 0.2) is 41.6 Å². The van der Waals surface area contributed by atoms with E-state index in [1.165, 1.54) is 7.11 Å². The Morgan fingerprint density at radius 2 is 1.72 bits per heavy atom. The van der Waals surface area contributed by atoms with Crippen LogP contribution in [-0.4, -0.2) is 98.1 Å². The van der Waals surface area contributed by atoms with Gasteiger partial charge in [-0.05, 0) is 74.5 Å². The maximum atomic E-state index is 13.3. The van der Waals surface area contributed by atoms with Crippen LogP contribution in [0, 0.1) is 5.92 Å². The molecule has 0 saturated carbocycles. The normalized spacial score (nSPS) is 18.8. The van der Waals surface area contributed by atoms with E-state index in [9.17, 15) is 14.4 Å². The lowest BCUT2D eigenvalue weighted by molar-refractivity contribution is -0.144. The van der Waals surface area contributed by atoms with E-state index in [1.807, 2.05) is 17.0 Å². The van der Waals surface area contributed by atoms with Gasteiger partial charge in [0.2, 0.25) is 11.8 Å². The van der Waals surface area contributed by atoms with Crippen molar-refractivity contribution >= 4 is 69.8 Å². The summed E-state index contributed by atoms with van der Waals surface area (Å²) in [6.45, 7) is 3.38. The standard InChI is InChI=1S/C33H41Cl4N5O4/c1-38-31(43)18-22-5-4-11-42(33(22)45)26-8-12-41(13-9-26)14-10-27(21-6-7-28(36)29(37)17-21)30(39-46-3)20-40(2)32(44)23-15-24(34)19-25(35)16-23/h6-7,15-17,19,22,26-27H,4-5,8-14,18,20H2,1-3H3,(H,38,43)/b39-30+/t22?,27-/m0/s1. The van der Waals surface area contributed by atoms with Crippen LogP contribution >= 0.6 is 46.4 Å². The summed E-state index contributed by atoms with van der Waals surface area (Å²) in [5.74, 6) is -0.703. The minimum atomic E-state index is -0.256. The lowest BCUT2D eigenvalue weighted by Crippen LogP contribution is -2.52. The van der Waals surface area contributed by atoms with E-state index in [1.54, 1.807) is 43.3 Å². The average molecular weight is 714 g/mol. The molecule has 0 aromatic heterocycles. The minimum absolute atomic E-state index is 0.0904. The van der Waals surface area contributed by atoms with E-state index in [2.05, 4.69) is 15.4 Å². The van der Waals surface area contributed by atoms with Crippen LogP contribution in [0.3, 0.4) is 0 Å². The molecule has 2 saturated heterocycles. The van der Waals surface area contributed by atoms with Gasteiger partial charge in [0.15, 0.2) is 0 Å². The number of carbonyl (C=O) groups excluding carboxylic acids is 3. The second-order valence-corrected chi connectivity index (χ2v) is 13.6. The summed E-state index contributed by atoms with van der Waals surface area (Å²) in [6, 6.07) is 10.4. The van der Waals surface area contributed by atoms with Crippen molar-refractivity contribution < 1.29 is 19.2 Å². The van der Waals surface area contributed by atoms with Crippen molar-refractivity contribution in [3.05, 3.63) is 67.6 Å². The molecule has 4 rings (SSSR count). The fourth-order valence-corrected chi connectivity index (χ4v) is 7.24. The summed E-state index contributed by atoms with van der Waals surface area (Å²) >= 11 is 25.0. The van der Waals surface area contributed by atoms with Gasteiger partial charge < -0.3 is 24.9 Å². The van der Waals surface area contributed by atoms with E-state index in [-0.39, 0.29) is 48.6 Å². The van der Waals surface area contributed by atoms with Crippen molar-refractivity contribution in [1.82, 2.24) is 20.0 Å². The first-order valence-electron chi connectivity index (χ1n) is 15.5. The van der Waals surface area contributed by atoms with Gasteiger partial charge in [-0.3, -0.25) is 14.4 Å². The largest absolute Gasteiger partial charge is 0.399 e. The zero-order chi connectivity index (χ0) is 33.4. The van der Waals surface area contributed by atoms with Gasteiger partial charge in [0.25, 0.3) is 5.91 Å². The molecule has 2 aliphatic heterocycles. The van der Waals surface area contributed by atoms with Crippen LogP contribution in [0.5, 0.6) is 0 Å². The zero-order valence-electron chi connectivity index (χ0n) is 26.4. The van der Waals surface area contributed by atoms with E-state index >= 15 is 0 Å². The number of hydrogen-bond acceptors (Lipinski definition) is 6. The molecular weight excluding hydrogens is 672 g/mol.